The Morgan fingerprint density at radius 3 is 2.12 bits per heavy atom. The van der Waals surface area contributed by atoms with E-state index in [9.17, 15) is 9.59 Å². The first-order valence-corrected chi connectivity index (χ1v) is 8.36. The Hall–Kier alpha value is -2.34. The molecular formula is C18H19BrN2O3. The quantitative estimate of drug-likeness (QED) is 0.779. The van der Waals surface area contributed by atoms with Crippen molar-refractivity contribution in [3.05, 3.63) is 52.5 Å². The fourth-order valence-electron chi connectivity index (χ4n) is 1.94. The number of amides is 2. The number of nitrogens with one attached hydrogen (secondary N) is 2. The van der Waals surface area contributed by atoms with Crippen molar-refractivity contribution in [3.8, 4) is 5.75 Å². The summed E-state index contributed by atoms with van der Waals surface area (Å²) in [6.45, 7) is 3.67. The number of ether oxygens (including phenoxy) is 1. The summed E-state index contributed by atoms with van der Waals surface area (Å²) in [6.07, 6.45) is 0.422. The molecule has 2 N–H and O–H groups in total. The van der Waals surface area contributed by atoms with E-state index in [1.54, 1.807) is 37.3 Å². The second-order valence-electron chi connectivity index (χ2n) is 5.23. The molecule has 0 bridgehead atoms. The van der Waals surface area contributed by atoms with Gasteiger partial charge in [0.05, 0.1) is 0 Å². The number of aryl methyl sites for hydroxylation is 1. The normalized spacial score (nSPS) is 10.1. The van der Waals surface area contributed by atoms with E-state index < -0.39 is 0 Å². The van der Waals surface area contributed by atoms with Crippen LogP contribution in [0.1, 0.15) is 18.9 Å². The molecule has 0 atom stereocenters. The van der Waals surface area contributed by atoms with Crippen molar-refractivity contribution < 1.29 is 14.3 Å². The highest BCUT2D eigenvalue weighted by Crippen LogP contribution is 2.21. The highest BCUT2D eigenvalue weighted by molar-refractivity contribution is 9.10. The molecule has 2 amide bonds. The fourth-order valence-corrected chi connectivity index (χ4v) is 2.19. The molecule has 0 saturated heterocycles. The van der Waals surface area contributed by atoms with Gasteiger partial charge in [0.1, 0.15) is 5.75 Å². The fraction of sp³-hybridized carbons (Fsp3) is 0.222. The minimum Gasteiger partial charge on any atom is -0.484 e. The van der Waals surface area contributed by atoms with Crippen molar-refractivity contribution in [2.45, 2.75) is 20.3 Å². The lowest BCUT2D eigenvalue weighted by Gasteiger charge is -2.09. The maximum Gasteiger partial charge on any atom is 0.262 e. The van der Waals surface area contributed by atoms with Gasteiger partial charge in [-0.15, -0.1) is 0 Å². The molecule has 0 heterocycles. The van der Waals surface area contributed by atoms with E-state index in [1.807, 2.05) is 19.1 Å². The highest BCUT2D eigenvalue weighted by atomic mass is 79.9. The van der Waals surface area contributed by atoms with Crippen LogP contribution in [0.4, 0.5) is 11.4 Å². The van der Waals surface area contributed by atoms with Crippen LogP contribution in [-0.4, -0.2) is 18.4 Å². The Balaban J connectivity index is 1.85. The van der Waals surface area contributed by atoms with Gasteiger partial charge in [-0.05, 0) is 55.0 Å². The van der Waals surface area contributed by atoms with Crippen molar-refractivity contribution in [2.75, 3.05) is 17.2 Å². The SMILES string of the molecule is CCC(=O)Nc1ccc(NC(=O)COc2ccc(Br)c(C)c2)cc1. The molecule has 0 fully saturated rings. The van der Waals surface area contributed by atoms with E-state index in [0.717, 1.165) is 10.0 Å². The molecule has 0 unspecified atom stereocenters. The smallest absolute Gasteiger partial charge is 0.262 e. The molecule has 0 aliphatic heterocycles. The monoisotopic (exact) mass is 390 g/mol. The minimum absolute atomic E-state index is 0.0509. The van der Waals surface area contributed by atoms with E-state index in [1.165, 1.54) is 0 Å². The molecule has 0 aliphatic rings. The molecule has 2 aromatic rings. The molecule has 0 radical (unpaired) electrons. The van der Waals surface area contributed by atoms with Gasteiger partial charge in [-0.2, -0.15) is 0 Å². The van der Waals surface area contributed by atoms with Crippen LogP contribution in [0.25, 0.3) is 0 Å². The number of rotatable bonds is 6. The predicted octanol–water partition coefficient (Wildman–Crippen LogP) is 4.12. The van der Waals surface area contributed by atoms with Gasteiger partial charge in [-0.3, -0.25) is 9.59 Å². The molecule has 6 heteroatoms. The number of halogens is 1. The maximum absolute atomic E-state index is 11.9. The van der Waals surface area contributed by atoms with Crippen molar-refractivity contribution in [1.82, 2.24) is 0 Å². The van der Waals surface area contributed by atoms with E-state index in [2.05, 4.69) is 26.6 Å². The molecule has 24 heavy (non-hydrogen) atoms. The average molecular weight is 391 g/mol. The molecule has 0 aromatic heterocycles. The van der Waals surface area contributed by atoms with Crippen LogP contribution in [0, 0.1) is 6.92 Å². The van der Waals surface area contributed by atoms with Gasteiger partial charge in [-0.1, -0.05) is 22.9 Å². The summed E-state index contributed by atoms with van der Waals surface area (Å²) in [7, 11) is 0. The van der Waals surface area contributed by atoms with Gasteiger partial charge in [0.2, 0.25) is 5.91 Å². The third-order valence-electron chi connectivity index (χ3n) is 3.27. The Kier molecular flexibility index (Phi) is 6.37. The summed E-state index contributed by atoms with van der Waals surface area (Å²) in [4.78, 5) is 23.2. The lowest BCUT2D eigenvalue weighted by molar-refractivity contribution is -0.118. The highest BCUT2D eigenvalue weighted by Gasteiger charge is 2.05. The third kappa shape index (κ3) is 5.38. The standard InChI is InChI=1S/C18H19BrN2O3/c1-3-17(22)20-13-4-6-14(7-5-13)21-18(23)11-24-15-8-9-16(19)12(2)10-15/h4-10H,3,11H2,1-2H3,(H,20,22)(H,21,23). The first-order chi connectivity index (χ1) is 11.5. The van der Waals surface area contributed by atoms with Gasteiger partial charge in [0.25, 0.3) is 5.91 Å². The summed E-state index contributed by atoms with van der Waals surface area (Å²) in [6, 6.07) is 12.5. The van der Waals surface area contributed by atoms with Gasteiger partial charge >= 0.3 is 0 Å². The van der Waals surface area contributed by atoms with Crippen LogP contribution in [0.5, 0.6) is 5.75 Å². The predicted molar refractivity (Wildman–Crippen MR) is 98.4 cm³/mol. The Morgan fingerprint density at radius 2 is 1.58 bits per heavy atom. The van der Waals surface area contributed by atoms with Gasteiger partial charge in [0.15, 0.2) is 6.61 Å². The largest absolute Gasteiger partial charge is 0.484 e. The van der Waals surface area contributed by atoms with E-state index in [4.69, 9.17) is 4.74 Å². The van der Waals surface area contributed by atoms with E-state index >= 15 is 0 Å². The van der Waals surface area contributed by atoms with Crippen molar-refractivity contribution >= 4 is 39.1 Å². The molecule has 2 aromatic carbocycles. The van der Waals surface area contributed by atoms with E-state index in [-0.39, 0.29) is 18.4 Å². The number of carbonyl (C=O) groups is 2. The van der Waals surface area contributed by atoms with Gasteiger partial charge < -0.3 is 15.4 Å². The second-order valence-corrected chi connectivity index (χ2v) is 6.08. The number of hydrogen-bond acceptors (Lipinski definition) is 3. The Labute approximate surface area is 149 Å². The average Bonchev–Trinajstić information content (AvgIpc) is 2.57. The molecule has 0 spiro atoms. The molecule has 0 saturated carbocycles. The lowest BCUT2D eigenvalue weighted by atomic mass is 10.2. The van der Waals surface area contributed by atoms with Crippen LogP contribution >= 0.6 is 15.9 Å². The van der Waals surface area contributed by atoms with Gasteiger partial charge in [0, 0.05) is 22.3 Å². The Bertz CT molecular complexity index is 730. The number of carbonyl (C=O) groups excluding carboxylic acids is 2. The molecule has 5 nitrogen and oxygen atoms in total. The lowest BCUT2D eigenvalue weighted by Crippen LogP contribution is -2.20. The van der Waals surface area contributed by atoms with Crippen molar-refractivity contribution in [3.63, 3.8) is 0 Å². The summed E-state index contributed by atoms with van der Waals surface area (Å²) in [5, 5.41) is 5.50. The summed E-state index contributed by atoms with van der Waals surface area (Å²) >= 11 is 3.42. The van der Waals surface area contributed by atoms with Crippen molar-refractivity contribution in [1.29, 1.82) is 0 Å². The summed E-state index contributed by atoms with van der Waals surface area (Å²) < 4.78 is 6.47. The minimum atomic E-state index is -0.249. The first-order valence-electron chi connectivity index (χ1n) is 7.56. The zero-order valence-corrected chi connectivity index (χ0v) is 15.1. The maximum atomic E-state index is 11.9. The van der Waals surface area contributed by atoms with Crippen molar-refractivity contribution in [2.24, 2.45) is 0 Å². The van der Waals surface area contributed by atoms with Crippen LogP contribution in [0.15, 0.2) is 46.9 Å². The molecule has 0 aliphatic carbocycles. The van der Waals surface area contributed by atoms with Crippen LogP contribution in [0.3, 0.4) is 0 Å². The second kappa shape index (κ2) is 8.49. The number of anilines is 2. The van der Waals surface area contributed by atoms with Gasteiger partial charge in [-0.25, -0.2) is 0 Å². The zero-order chi connectivity index (χ0) is 17.5. The number of hydrogen-bond donors (Lipinski definition) is 2. The number of benzene rings is 2. The topological polar surface area (TPSA) is 67.4 Å². The molecule has 126 valence electrons. The first kappa shape index (κ1) is 18.0. The summed E-state index contributed by atoms with van der Waals surface area (Å²) in [5.41, 5.74) is 2.38. The third-order valence-corrected chi connectivity index (χ3v) is 4.16. The van der Waals surface area contributed by atoms with E-state index in [0.29, 0.717) is 23.5 Å². The van der Waals surface area contributed by atoms with Crippen LogP contribution < -0.4 is 15.4 Å². The molecule has 2 rings (SSSR count). The summed E-state index contributed by atoms with van der Waals surface area (Å²) in [5.74, 6) is 0.342. The van der Waals surface area contributed by atoms with Crippen LogP contribution in [0.2, 0.25) is 0 Å². The van der Waals surface area contributed by atoms with Crippen LogP contribution in [-0.2, 0) is 9.59 Å². The zero-order valence-electron chi connectivity index (χ0n) is 13.6. The molecular weight excluding hydrogens is 372 g/mol. The Morgan fingerprint density at radius 1 is 1.00 bits per heavy atom.